The number of nitrogens with zero attached hydrogens (tertiary/aromatic N) is 2. The Labute approximate surface area is 201 Å². The Morgan fingerprint density at radius 1 is 1.18 bits per heavy atom. The molecule has 0 bridgehead atoms. The highest BCUT2D eigenvalue weighted by molar-refractivity contribution is 6.10. The molecule has 186 valence electrons. The normalized spacial score (nSPS) is 25.0. The van der Waals surface area contributed by atoms with Crippen LogP contribution in [0.1, 0.15) is 50.5 Å². The van der Waals surface area contributed by atoms with Crippen molar-refractivity contribution in [2.75, 3.05) is 47.1 Å². The third-order valence-electron chi connectivity index (χ3n) is 7.51. The maximum atomic E-state index is 13.8. The first-order chi connectivity index (χ1) is 16.5. The van der Waals surface area contributed by atoms with Gasteiger partial charge in [0.1, 0.15) is 5.75 Å². The molecule has 8 heteroatoms. The van der Waals surface area contributed by atoms with E-state index in [4.69, 9.17) is 14.2 Å². The number of methoxy groups -OCH3 is 2. The molecule has 34 heavy (non-hydrogen) atoms. The van der Waals surface area contributed by atoms with Crippen LogP contribution in [0.4, 0.5) is 0 Å². The third kappa shape index (κ3) is 5.13. The number of carbonyl (C=O) groups excluding carboxylic acids is 3. The van der Waals surface area contributed by atoms with Gasteiger partial charge in [-0.25, -0.2) is 0 Å². The summed E-state index contributed by atoms with van der Waals surface area (Å²) in [7, 11) is 3.10. The van der Waals surface area contributed by atoms with Gasteiger partial charge in [0.25, 0.3) is 0 Å². The summed E-state index contributed by atoms with van der Waals surface area (Å²) >= 11 is 0. The highest BCUT2D eigenvalue weighted by atomic mass is 16.5. The summed E-state index contributed by atoms with van der Waals surface area (Å²) in [5.74, 6) is 0.377. The Morgan fingerprint density at radius 3 is 2.65 bits per heavy atom. The zero-order valence-electron chi connectivity index (χ0n) is 20.3. The van der Waals surface area contributed by atoms with E-state index in [2.05, 4.69) is 0 Å². The minimum Gasteiger partial charge on any atom is -0.497 e. The standard InChI is InChI=1S/C26H36N2O6/c1-32-13-11-28-24(30)16-26(25(28)31,20-8-4-9-21(14-20)33-2)15-23(29)27(17-19-6-3-7-19)18-22-10-5-12-34-22/h4,8-9,14,19,22H,3,5-7,10-13,15-18H2,1-2H3. The monoisotopic (exact) mass is 472 g/mol. The van der Waals surface area contributed by atoms with E-state index in [1.807, 2.05) is 11.0 Å². The SMILES string of the molecule is COCCN1C(=O)CC(CC(=O)N(CC2CCC2)CC2CCCO2)(c2cccc(OC)c2)C1=O. The second kappa shape index (κ2) is 10.9. The van der Waals surface area contributed by atoms with E-state index in [1.165, 1.54) is 18.4 Å². The largest absolute Gasteiger partial charge is 0.497 e. The summed E-state index contributed by atoms with van der Waals surface area (Å²) in [6, 6.07) is 7.18. The van der Waals surface area contributed by atoms with Crippen molar-refractivity contribution in [1.82, 2.24) is 9.80 Å². The van der Waals surface area contributed by atoms with Gasteiger partial charge in [-0.3, -0.25) is 19.3 Å². The molecule has 3 amide bonds. The van der Waals surface area contributed by atoms with Gasteiger partial charge >= 0.3 is 0 Å². The lowest BCUT2D eigenvalue weighted by Gasteiger charge is -2.36. The molecule has 8 nitrogen and oxygen atoms in total. The Morgan fingerprint density at radius 2 is 2.00 bits per heavy atom. The lowest BCUT2D eigenvalue weighted by molar-refractivity contribution is -0.143. The topological polar surface area (TPSA) is 85.4 Å². The molecule has 3 fully saturated rings. The number of amides is 3. The molecule has 4 rings (SSSR count). The number of ether oxygens (including phenoxy) is 3. The van der Waals surface area contributed by atoms with Crippen molar-refractivity contribution in [3.63, 3.8) is 0 Å². The maximum Gasteiger partial charge on any atom is 0.240 e. The van der Waals surface area contributed by atoms with Crippen molar-refractivity contribution in [3.8, 4) is 5.75 Å². The van der Waals surface area contributed by atoms with Gasteiger partial charge in [0.05, 0.1) is 31.8 Å². The second-order valence-electron chi connectivity index (χ2n) is 9.74. The minimum absolute atomic E-state index is 0.0361. The van der Waals surface area contributed by atoms with Gasteiger partial charge in [-0.15, -0.1) is 0 Å². The van der Waals surface area contributed by atoms with Crippen LogP contribution in [0.2, 0.25) is 0 Å². The molecular formula is C26H36N2O6. The van der Waals surface area contributed by atoms with Crippen molar-refractivity contribution in [2.24, 2.45) is 5.92 Å². The van der Waals surface area contributed by atoms with E-state index >= 15 is 0 Å². The number of hydrogen-bond acceptors (Lipinski definition) is 6. The molecule has 2 unspecified atom stereocenters. The summed E-state index contributed by atoms with van der Waals surface area (Å²) in [5.41, 5.74) is -0.607. The molecule has 3 aliphatic rings. The molecule has 2 saturated heterocycles. The fourth-order valence-electron chi connectivity index (χ4n) is 5.27. The molecule has 0 radical (unpaired) electrons. The predicted molar refractivity (Wildman–Crippen MR) is 125 cm³/mol. The van der Waals surface area contributed by atoms with Gasteiger partial charge in [0.15, 0.2) is 0 Å². The summed E-state index contributed by atoms with van der Waals surface area (Å²) in [5, 5.41) is 0. The first-order valence-corrected chi connectivity index (χ1v) is 12.3. The van der Waals surface area contributed by atoms with Gasteiger partial charge in [-0.05, 0) is 49.3 Å². The third-order valence-corrected chi connectivity index (χ3v) is 7.51. The number of imide groups is 1. The fourth-order valence-corrected chi connectivity index (χ4v) is 5.27. The van der Waals surface area contributed by atoms with Crippen LogP contribution in [-0.4, -0.2) is 80.7 Å². The summed E-state index contributed by atoms with van der Waals surface area (Å²) < 4.78 is 16.3. The fraction of sp³-hybridized carbons (Fsp3) is 0.654. The van der Waals surface area contributed by atoms with E-state index in [9.17, 15) is 14.4 Å². The lowest BCUT2D eigenvalue weighted by atomic mass is 9.75. The van der Waals surface area contributed by atoms with Crippen molar-refractivity contribution < 1.29 is 28.6 Å². The van der Waals surface area contributed by atoms with Crippen molar-refractivity contribution in [1.29, 1.82) is 0 Å². The zero-order valence-corrected chi connectivity index (χ0v) is 20.3. The number of carbonyl (C=O) groups is 3. The van der Waals surface area contributed by atoms with E-state index in [1.54, 1.807) is 25.3 Å². The zero-order chi connectivity index (χ0) is 24.1. The lowest BCUT2D eigenvalue weighted by Crippen LogP contribution is -2.47. The van der Waals surface area contributed by atoms with Crippen molar-refractivity contribution in [3.05, 3.63) is 29.8 Å². The minimum atomic E-state index is -1.25. The van der Waals surface area contributed by atoms with Crippen LogP contribution >= 0.6 is 0 Å². The molecule has 0 aromatic heterocycles. The van der Waals surface area contributed by atoms with Crippen LogP contribution in [0, 0.1) is 5.92 Å². The van der Waals surface area contributed by atoms with E-state index < -0.39 is 5.41 Å². The summed E-state index contributed by atoms with van der Waals surface area (Å²) in [6.45, 7) is 2.38. The molecule has 1 aliphatic carbocycles. The Bertz CT molecular complexity index is 895. The highest BCUT2D eigenvalue weighted by Crippen LogP contribution is 2.41. The molecular weight excluding hydrogens is 436 g/mol. The van der Waals surface area contributed by atoms with E-state index in [-0.39, 0.29) is 49.8 Å². The Kier molecular flexibility index (Phi) is 7.88. The number of benzene rings is 1. The average Bonchev–Trinajstić information content (AvgIpc) is 3.40. The van der Waals surface area contributed by atoms with Crippen LogP contribution in [0.5, 0.6) is 5.75 Å². The molecule has 0 N–H and O–H groups in total. The van der Waals surface area contributed by atoms with Crippen LogP contribution in [0.3, 0.4) is 0 Å². The molecule has 1 aromatic carbocycles. The van der Waals surface area contributed by atoms with Crippen LogP contribution in [-0.2, 0) is 29.3 Å². The van der Waals surface area contributed by atoms with Crippen molar-refractivity contribution >= 4 is 17.7 Å². The summed E-state index contributed by atoms with van der Waals surface area (Å²) in [6.07, 6.45) is 5.34. The first kappa shape index (κ1) is 24.7. The van der Waals surface area contributed by atoms with Gasteiger partial charge < -0.3 is 19.1 Å². The number of likely N-dealkylation sites (tertiary alicyclic amines) is 1. The smallest absolute Gasteiger partial charge is 0.240 e. The van der Waals surface area contributed by atoms with Gasteiger partial charge in [0, 0.05) is 39.6 Å². The van der Waals surface area contributed by atoms with Gasteiger partial charge in [0.2, 0.25) is 17.7 Å². The van der Waals surface area contributed by atoms with Crippen LogP contribution in [0.15, 0.2) is 24.3 Å². The van der Waals surface area contributed by atoms with Crippen LogP contribution < -0.4 is 4.74 Å². The Hall–Kier alpha value is -2.45. The molecule has 1 aromatic rings. The van der Waals surface area contributed by atoms with Crippen molar-refractivity contribution in [2.45, 2.75) is 56.5 Å². The predicted octanol–water partition coefficient (Wildman–Crippen LogP) is 2.54. The molecule has 2 aliphatic heterocycles. The average molecular weight is 473 g/mol. The quantitative estimate of drug-likeness (QED) is 0.460. The summed E-state index contributed by atoms with van der Waals surface area (Å²) in [4.78, 5) is 43.6. The van der Waals surface area contributed by atoms with Gasteiger partial charge in [-0.1, -0.05) is 18.6 Å². The maximum absolute atomic E-state index is 13.8. The molecule has 1 saturated carbocycles. The molecule has 0 spiro atoms. The second-order valence-corrected chi connectivity index (χ2v) is 9.74. The van der Waals surface area contributed by atoms with Crippen LogP contribution in [0.25, 0.3) is 0 Å². The first-order valence-electron chi connectivity index (χ1n) is 12.3. The number of rotatable bonds is 11. The highest BCUT2D eigenvalue weighted by Gasteiger charge is 2.54. The van der Waals surface area contributed by atoms with E-state index in [0.29, 0.717) is 30.3 Å². The van der Waals surface area contributed by atoms with E-state index in [0.717, 1.165) is 32.3 Å². The van der Waals surface area contributed by atoms with Gasteiger partial charge in [-0.2, -0.15) is 0 Å². The Balaban J connectivity index is 1.63. The molecule has 2 atom stereocenters. The molecule has 2 heterocycles. The number of hydrogen-bond donors (Lipinski definition) is 0.